The van der Waals surface area contributed by atoms with Crippen LogP contribution in [0.2, 0.25) is 0 Å². The first kappa shape index (κ1) is 23.5. The second kappa shape index (κ2) is 9.13. The zero-order valence-corrected chi connectivity index (χ0v) is 19.2. The summed E-state index contributed by atoms with van der Waals surface area (Å²) in [4.78, 5) is 27.3. The summed E-state index contributed by atoms with van der Waals surface area (Å²) in [6.45, 7) is 3.80. The van der Waals surface area contributed by atoms with Crippen molar-refractivity contribution in [2.24, 2.45) is 11.8 Å². The van der Waals surface area contributed by atoms with E-state index in [4.69, 9.17) is 4.74 Å². The van der Waals surface area contributed by atoms with Crippen LogP contribution in [-0.4, -0.2) is 79.7 Å². The maximum absolute atomic E-state index is 13.3. The van der Waals surface area contributed by atoms with Crippen LogP contribution < -0.4 is 10.1 Å². The normalized spacial score (nSPS) is 22.9. The van der Waals surface area contributed by atoms with E-state index in [2.05, 4.69) is 5.32 Å². The lowest BCUT2D eigenvalue weighted by Crippen LogP contribution is -2.50. The number of hydrogen-bond donors (Lipinski definition) is 2. The van der Waals surface area contributed by atoms with E-state index in [0.717, 1.165) is 19.1 Å². The summed E-state index contributed by atoms with van der Waals surface area (Å²) in [6, 6.07) is 4.54. The first-order valence-electron chi connectivity index (χ1n) is 10.5. The Kier molecular flexibility index (Phi) is 6.92. The highest BCUT2D eigenvalue weighted by atomic mass is 32.2. The number of carbonyl (C=O) groups is 2. The monoisotopic (exact) mass is 453 g/mol. The predicted molar refractivity (Wildman–Crippen MR) is 116 cm³/mol. The minimum atomic E-state index is -3.44. The highest BCUT2D eigenvalue weighted by molar-refractivity contribution is 7.88. The van der Waals surface area contributed by atoms with E-state index in [1.165, 1.54) is 11.4 Å². The Hall–Kier alpha value is -2.17. The Morgan fingerprint density at radius 3 is 2.65 bits per heavy atom. The lowest BCUT2D eigenvalue weighted by Gasteiger charge is -2.38. The number of fused-ring (bicyclic) bond motifs is 1. The molecule has 9 nitrogen and oxygen atoms in total. The van der Waals surface area contributed by atoms with Crippen LogP contribution >= 0.6 is 0 Å². The number of carbonyl (C=O) groups excluding carboxylic acids is 2. The number of nitrogens with one attached hydrogen (secondary N) is 1. The summed E-state index contributed by atoms with van der Waals surface area (Å²) in [7, 11) is -1.96. The van der Waals surface area contributed by atoms with Gasteiger partial charge in [0.1, 0.15) is 6.10 Å². The maximum Gasteiger partial charge on any atom is 0.258 e. The Bertz CT molecular complexity index is 946. The van der Waals surface area contributed by atoms with Gasteiger partial charge in [0.25, 0.3) is 5.91 Å². The molecule has 2 aliphatic rings. The number of ether oxygens (including phenoxy) is 1. The SMILES string of the molecule is C[C@@H]1CN([C@H](C)CO)C(=O)c2cccc(NC(=O)C3CC3)c2O[C@H]1CN(C)S(C)(=O)=O. The van der Waals surface area contributed by atoms with Gasteiger partial charge in [0, 0.05) is 25.4 Å². The second-order valence-corrected chi connectivity index (χ2v) is 10.7. The van der Waals surface area contributed by atoms with Crippen molar-refractivity contribution in [3.63, 3.8) is 0 Å². The van der Waals surface area contributed by atoms with Gasteiger partial charge in [-0.05, 0) is 31.9 Å². The Labute approximate surface area is 183 Å². The van der Waals surface area contributed by atoms with Crippen molar-refractivity contribution in [3.8, 4) is 5.75 Å². The fraction of sp³-hybridized carbons (Fsp3) is 0.619. The molecule has 3 rings (SSSR count). The van der Waals surface area contributed by atoms with Crippen LogP contribution in [-0.2, 0) is 14.8 Å². The highest BCUT2D eigenvalue weighted by Crippen LogP contribution is 2.37. The van der Waals surface area contributed by atoms with Gasteiger partial charge in [-0.1, -0.05) is 13.0 Å². The highest BCUT2D eigenvalue weighted by Gasteiger charge is 2.36. The van der Waals surface area contributed by atoms with Crippen molar-refractivity contribution in [2.75, 3.05) is 38.3 Å². The standard InChI is InChI=1S/C21H31N3O6S/c1-13-10-24(14(2)12-25)21(27)16-6-5-7-17(22-20(26)15-8-9-15)19(16)30-18(13)11-23(3)31(4,28)29/h5-7,13-15,18,25H,8-12H2,1-4H3,(H,22,26)/t13-,14-,18+/m1/s1. The molecule has 1 saturated carbocycles. The van der Waals surface area contributed by atoms with Crippen LogP contribution in [0.15, 0.2) is 18.2 Å². The molecule has 1 aliphatic carbocycles. The van der Waals surface area contributed by atoms with Gasteiger partial charge >= 0.3 is 0 Å². The van der Waals surface area contributed by atoms with Crippen molar-refractivity contribution in [1.82, 2.24) is 9.21 Å². The molecule has 0 radical (unpaired) electrons. The summed E-state index contributed by atoms with van der Waals surface area (Å²) in [5.41, 5.74) is 0.660. The first-order valence-corrected chi connectivity index (χ1v) is 12.3. The number of sulfonamides is 1. The van der Waals surface area contributed by atoms with E-state index in [1.54, 1.807) is 30.0 Å². The van der Waals surface area contributed by atoms with E-state index in [-0.39, 0.29) is 48.1 Å². The maximum atomic E-state index is 13.3. The third kappa shape index (κ3) is 5.36. The molecule has 0 spiro atoms. The van der Waals surface area contributed by atoms with Gasteiger partial charge in [0.05, 0.1) is 36.7 Å². The summed E-state index contributed by atoms with van der Waals surface area (Å²) in [5.74, 6) is -0.458. The number of rotatable bonds is 7. The first-order chi connectivity index (χ1) is 14.5. The van der Waals surface area contributed by atoms with Crippen LogP contribution in [0.4, 0.5) is 5.69 Å². The van der Waals surface area contributed by atoms with Gasteiger partial charge in [0.15, 0.2) is 5.75 Å². The van der Waals surface area contributed by atoms with Crippen LogP contribution in [0.3, 0.4) is 0 Å². The molecule has 1 aromatic rings. The number of aliphatic hydroxyl groups is 1. The molecule has 2 amide bonds. The number of likely N-dealkylation sites (N-methyl/N-ethyl adjacent to an activating group) is 1. The van der Waals surface area contributed by atoms with Crippen LogP contribution in [0.1, 0.15) is 37.0 Å². The van der Waals surface area contributed by atoms with E-state index >= 15 is 0 Å². The lowest BCUT2D eigenvalue weighted by molar-refractivity contribution is -0.117. The Morgan fingerprint density at radius 2 is 2.06 bits per heavy atom. The molecule has 3 atom stereocenters. The molecule has 0 saturated heterocycles. The summed E-state index contributed by atoms with van der Waals surface area (Å²) in [5, 5.41) is 12.6. The predicted octanol–water partition coefficient (Wildman–Crippen LogP) is 1.15. The zero-order valence-electron chi connectivity index (χ0n) is 18.4. The fourth-order valence-corrected chi connectivity index (χ4v) is 3.95. The molecule has 0 unspecified atom stereocenters. The number of nitrogens with zero attached hydrogens (tertiary/aromatic N) is 2. The van der Waals surface area contributed by atoms with Gasteiger partial charge in [-0.2, -0.15) is 0 Å². The van der Waals surface area contributed by atoms with Crippen LogP contribution in [0.5, 0.6) is 5.75 Å². The largest absolute Gasteiger partial charge is 0.486 e. The zero-order chi connectivity index (χ0) is 22.9. The van der Waals surface area contributed by atoms with Gasteiger partial charge in [0.2, 0.25) is 15.9 Å². The molecular weight excluding hydrogens is 422 g/mol. The third-order valence-electron chi connectivity index (χ3n) is 5.90. The molecule has 2 N–H and O–H groups in total. The number of anilines is 1. The minimum absolute atomic E-state index is 0.0305. The lowest BCUT2D eigenvalue weighted by atomic mass is 9.99. The van der Waals surface area contributed by atoms with Gasteiger partial charge in [-0.25, -0.2) is 12.7 Å². The van der Waals surface area contributed by atoms with Gasteiger partial charge in [-0.3, -0.25) is 9.59 Å². The molecule has 1 heterocycles. The van der Waals surface area contributed by atoms with E-state index < -0.39 is 22.2 Å². The van der Waals surface area contributed by atoms with Crippen molar-refractivity contribution >= 4 is 27.5 Å². The Balaban J connectivity index is 2.03. The van der Waals surface area contributed by atoms with E-state index in [1.807, 2.05) is 6.92 Å². The number of benzene rings is 1. The molecule has 172 valence electrons. The molecule has 0 aromatic heterocycles. The van der Waals surface area contributed by atoms with Crippen molar-refractivity contribution in [1.29, 1.82) is 0 Å². The quantitative estimate of drug-likeness (QED) is 0.640. The van der Waals surface area contributed by atoms with Crippen molar-refractivity contribution < 1.29 is 27.9 Å². The topological polar surface area (TPSA) is 116 Å². The van der Waals surface area contributed by atoms with Gasteiger partial charge < -0.3 is 20.1 Å². The van der Waals surface area contributed by atoms with E-state index in [9.17, 15) is 23.1 Å². The average molecular weight is 454 g/mol. The average Bonchev–Trinajstić information content (AvgIpc) is 3.55. The number of hydrogen-bond acceptors (Lipinski definition) is 6. The molecule has 0 bridgehead atoms. The second-order valence-electron chi connectivity index (χ2n) is 8.61. The molecule has 1 fully saturated rings. The van der Waals surface area contributed by atoms with Crippen LogP contribution in [0.25, 0.3) is 0 Å². The van der Waals surface area contributed by atoms with Crippen molar-refractivity contribution in [3.05, 3.63) is 23.8 Å². The molecule has 10 heteroatoms. The number of para-hydroxylation sites is 1. The summed E-state index contributed by atoms with van der Waals surface area (Å²) >= 11 is 0. The van der Waals surface area contributed by atoms with Crippen LogP contribution in [0, 0.1) is 11.8 Å². The molecule has 1 aromatic carbocycles. The van der Waals surface area contributed by atoms with Crippen molar-refractivity contribution in [2.45, 2.75) is 38.8 Å². The molecule has 31 heavy (non-hydrogen) atoms. The molecular formula is C21H31N3O6S. The fourth-order valence-electron chi connectivity index (χ4n) is 3.53. The van der Waals surface area contributed by atoms with E-state index in [0.29, 0.717) is 12.2 Å². The Morgan fingerprint density at radius 1 is 1.39 bits per heavy atom. The van der Waals surface area contributed by atoms with Gasteiger partial charge in [-0.15, -0.1) is 0 Å². The smallest absolute Gasteiger partial charge is 0.258 e. The minimum Gasteiger partial charge on any atom is -0.486 e. The summed E-state index contributed by atoms with van der Waals surface area (Å²) in [6.07, 6.45) is 2.22. The number of aliphatic hydroxyl groups excluding tert-OH is 1. The number of amides is 2. The third-order valence-corrected chi connectivity index (χ3v) is 7.18. The molecule has 1 aliphatic heterocycles. The summed E-state index contributed by atoms with van der Waals surface area (Å²) < 4.78 is 31.4.